The topological polar surface area (TPSA) is 29.5 Å². The smallest absolute Gasteiger partial charge is 0.230 e. The molecular formula is C13H15NO2. The summed E-state index contributed by atoms with van der Waals surface area (Å²) in [4.78, 5) is 14.0. The summed E-state index contributed by atoms with van der Waals surface area (Å²) in [7, 11) is 1.65. The van der Waals surface area contributed by atoms with Crippen molar-refractivity contribution >= 4 is 11.6 Å². The lowest BCUT2D eigenvalue weighted by Crippen LogP contribution is -2.36. The summed E-state index contributed by atoms with van der Waals surface area (Å²) in [6, 6.07) is 8.20. The van der Waals surface area contributed by atoms with Crippen molar-refractivity contribution in [2.45, 2.75) is 25.3 Å². The number of rotatable bonds is 2. The Kier molecular flexibility index (Phi) is 2.13. The minimum Gasteiger partial charge on any atom is -0.497 e. The van der Waals surface area contributed by atoms with E-state index in [0.717, 1.165) is 30.7 Å². The molecule has 2 atom stereocenters. The Morgan fingerprint density at radius 3 is 2.56 bits per heavy atom. The van der Waals surface area contributed by atoms with Crippen LogP contribution < -0.4 is 9.64 Å². The van der Waals surface area contributed by atoms with Gasteiger partial charge in [-0.05, 0) is 43.5 Å². The van der Waals surface area contributed by atoms with Gasteiger partial charge in [-0.1, -0.05) is 0 Å². The third kappa shape index (κ3) is 1.31. The van der Waals surface area contributed by atoms with Crippen LogP contribution in [0.15, 0.2) is 24.3 Å². The third-order valence-corrected chi connectivity index (χ3v) is 3.71. The van der Waals surface area contributed by atoms with Gasteiger partial charge in [-0.25, -0.2) is 0 Å². The van der Waals surface area contributed by atoms with Crippen molar-refractivity contribution in [1.82, 2.24) is 0 Å². The first-order valence-corrected chi connectivity index (χ1v) is 5.76. The number of benzene rings is 1. The second-order valence-electron chi connectivity index (χ2n) is 4.57. The molecule has 1 saturated heterocycles. The van der Waals surface area contributed by atoms with Gasteiger partial charge < -0.3 is 9.64 Å². The molecule has 2 fully saturated rings. The zero-order chi connectivity index (χ0) is 11.1. The number of methoxy groups -OCH3 is 1. The minimum absolute atomic E-state index is 0.284. The molecule has 2 unspecified atom stereocenters. The van der Waals surface area contributed by atoms with E-state index in [1.165, 1.54) is 0 Å². The Morgan fingerprint density at radius 1 is 1.25 bits per heavy atom. The highest BCUT2D eigenvalue weighted by Gasteiger charge is 2.45. The van der Waals surface area contributed by atoms with Crippen LogP contribution in [0.25, 0.3) is 0 Å². The van der Waals surface area contributed by atoms with Crippen molar-refractivity contribution < 1.29 is 9.53 Å². The molecule has 2 aliphatic rings. The van der Waals surface area contributed by atoms with Gasteiger partial charge in [-0.15, -0.1) is 0 Å². The second kappa shape index (κ2) is 3.51. The highest BCUT2D eigenvalue weighted by Crippen LogP contribution is 2.41. The first-order valence-electron chi connectivity index (χ1n) is 5.76. The number of hydrogen-bond acceptors (Lipinski definition) is 2. The van der Waals surface area contributed by atoms with Crippen LogP contribution in [0.4, 0.5) is 5.69 Å². The molecule has 1 heterocycles. The van der Waals surface area contributed by atoms with Gasteiger partial charge in [-0.3, -0.25) is 4.79 Å². The number of fused-ring (bicyclic) bond motifs is 2. The molecule has 3 heteroatoms. The van der Waals surface area contributed by atoms with Crippen LogP contribution >= 0.6 is 0 Å². The molecule has 1 aromatic rings. The quantitative estimate of drug-likeness (QED) is 0.760. The molecule has 3 rings (SSSR count). The standard InChI is InChI=1S/C13H15NO2/c1-16-12-6-4-10(5-7-12)14-11-3-2-9(8-11)13(14)15/h4-7,9,11H,2-3,8H2,1H3. The van der Waals surface area contributed by atoms with Crippen molar-refractivity contribution in [2.75, 3.05) is 12.0 Å². The fourth-order valence-corrected chi connectivity index (χ4v) is 2.87. The Hall–Kier alpha value is -1.51. The van der Waals surface area contributed by atoms with Crippen LogP contribution in [0.3, 0.4) is 0 Å². The Morgan fingerprint density at radius 2 is 2.00 bits per heavy atom. The molecule has 1 amide bonds. The maximum Gasteiger partial charge on any atom is 0.230 e. The number of nitrogens with zero attached hydrogens (tertiary/aromatic N) is 1. The largest absolute Gasteiger partial charge is 0.497 e. The summed E-state index contributed by atoms with van der Waals surface area (Å²) < 4.78 is 5.12. The molecule has 16 heavy (non-hydrogen) atoms. The average Bonchev–Trinajstić information content (AvgIpc) is 2.90. The number of carbonyl (C=O) groups is 1. The summed E-state index contributed by atoms with van der Waals surface area (Å²) in [5.41, 5.74) is 1.01. The number of hydrogen-bond donors (Lipinski definition) is 0. The molecule has 1 saturated carbocycles. The monoisotopic (exact) mass is 217 g/mol. The molecule has 1 aliphatic carbocycles. The number of carbonyl (C=O) groups excluding carboxylic acids is 1. The first-order chi connectivity index (χ1) is 7.79. The van der Waals surface area contributed by atoms with Gasteiger partial charge in [0.15, 0.2) is 0 Å². The number of piperidine rings is 1. The average molecular weight is 217 g/mol. The molecule has 84 valence electrons. The summed E-state index contributed by atoms with van der Waals surface area (Å²) >= 11 is 0. The van der Waals surface area contributed by atoms with E-state index in [4.69, 9.17) is 4.74 Å². The summed E-state index contributed by atoms with van der Waals surface area (Å²) in [5, 5.41) is 0. The summed E-state index contributed by atoms with van der Waals surface area (Å²) in [5.74, 6) is 1.43. The Balaban J connectivity index is 1.89. The lowest BCUT2D eigenvalue weighted by atomic mass is 10.1. The van der Waals surface area contributed by atoms with Crippen molar-refractivity contribution in [2.24, 2.45) is 5.92 Å². The Labute approximate surface area is 95.0 Å². The van der Waals surface area contributed by atoms with Gasteiger partial charge in [0.25, 0.3) is 0 Å². The van der Waals surface area contributed by atoms with Crippen molar-refractivity contribution in [3.05, 3.63) is 24.3 Å². The van der Waals surface area contributed by atoms with Crippen LogP contribution in [0.5, 0.6) is 5.75 Å². The van der Waals surface area contributed by atoms with E-state index >= 15 is 0 Å². The van der Waals surface area contributed by atoms with E-state index in [9.17, 15) is 4.79 Å². The van der Waals surface area contributed by atoms with Crippen LogP contribution in [0, 0.1) is 5.92 Å². The zero-order valence-electron chi connectivity index (χ0n) is 9.35. The molecule has 1 aromatic carbocycles. The minimum atomic E-state index is 0.284. The van der Waals surface area contributed by atoms with E-state index in [1.807, 2.05) is 29.2 Å². The van der Waals surface area contributed by atoms with Crippen molar-refractivity contribution in [3.8, 4) is 5.75 Å². The lowest BCUT2D eigenvalue weighted by molar-refractivity contribution is -0.121. The van der Waals surface area contributed by atoms with Gasteiger partial charge in [0.05, 0.1) is 7.11 Å². The fourth-order valence-electron chi connectivity index (χ4n) is 2.87. The molecule has 3 nitrogen and oxygen atoms in total. The number of anilines is 1. The fraction of sp³-hybridized carbons (Fsp3) is 0.462. The second-order valence-corrected chi connectivity index (χ2v) is 4.57. The molecule has 2 bridgehead atoms. The zero-order valence-corrected chi connectivity index (χ0v) is 9.35. The van der Waals surface area contributed by atoms with Gasteiger partial charge in [0, 0.05) is 17.6 Å². The highest BCUT2D eigenvalue weighted by molar-refractivity contribution is 5.98. The third-order valence-electron chi connectivity index (χ3n) is 3.71. The molecular weight excluding hydrogens is 202 g/mol. The maximum absolute atomic E-state index is 12.0. The molecule has 0 N–H and O–H groups in total. The lowest BCUT2D eigenvalue weighted by Gasteiger charge is -2.27. The molecule has 0 spiro atoms. The van der Waals surface area contributed by atoms with Gasteiger partial charge in [0.1, 0.15) is 5.75 Å². The number of amides is 1. The van der Waals surface area contributed by atoms with Crippen LogP contribution in [0.1, 0.15) is 19.3 Å². The van der Waals surface area contributed by atoms with Gasteiger partial charge >= 0.3 is 0 Å². The number of ether oxygens (including phenoxy) is 1. The first kappa shape index (κ1) is 9.70. The Bertz CT molecular complexity index is 412. The van der Waals surface area contributed by atoms with Gasteiger partial charge in [0.2, 0.25) is 5.91 Å². The van der Waals surface area contributed by atoms with Crippen molar-refractivity contribution in [1.29, 1.82) is 0 Å². The van der Waals surface area contributed by atoms with Gasteiger partial charge in [-0.2, -0.15) is 0 Å². The van der Waals surface area contributed by atoms with E-state index in [1.54, 1.807) is 7.11 Å². The summed E-state index contributed by atoms with van der Waals surface area (Å²) in [6.07, 6.45) is 3.28. The van der Waals surface area contributed by atoms with E-state index in [-0.39, 0.29) is 5.92 Å². The predicted molar refractivity (Wildman–Crippen MR) is 61.6 cm³/mol. The highest BCUT2D eigenvalue weighted by atomic mass is 16.5. The normalized spacial score (nSPS) is 27.6. The molecule has 1 aliphatic heterocycles. The SMILES string of the molecule is COc1ccc(N2C(=O)C3CCC2C3)cc1. The summed E-state index contributed by atoms with van der Waals surface area (Å²) in [6.45, 7) is 0. The van der Waals surface area contributed by atoms with E-state index in [0.29, 0.717) is 11.9 Å². The van der Waals surface area contributed by atoms with Crippen LogP contribution in [-0.4, -0.2) is 19.1 Å². The molecule has 0 aromatic heterocycles. The molecule has 0 radical (unpaired) electrons. The predicted octanol–water partition coefficient (Wildman–Crippen LogP) is 2.21. The maximum atomic E-state index is 12.0. The van der Waals surface area contributed by atoms with E-state index in [2.05, 4.69) is 0 Å². The van der Waals surface area contributed by atoms with Crippen LogP contribution in [-0.2, 0) is 4.79 Å². The van der Waals surface area contributed by atoms with E-state index < -0.39 is 0 Å². The van der Waals surface area contributed by atoms with Crippen molar-refractivity contribution in [3.63, 3.8) is 0 Å². The van der Waals surface area contributed by atoms with Crippen LogP contribution in [0.2, 0.25) is 0 Å².